The zero-order chi connectivity index (χ0) is 16.2. The number of hydrogen-bond donors (Lipinski definition) is 2. The molecule has 2 aromatic carbocycles. The Morgan fingerprint density at radius 2 is 2.13 bits per heavy atom. The van der Waals surface area contributed by atoms with E-state index in [2.05, 4.69) is 38.1 Å². The number of fused-ring (bicyclic) bond motifs is 1. The van der Waals surface area contributed by atoms with Crippen LogP contribution >= 0.6 is 22.6 Å². The molecular formula is C17H14IN3O2. The Labute approximate surface area is 146 Å². The Morgan fingerprint density at radius 1 is 1.30 bits per heavy atom. The number of methoxy groups -OCH3 is 1. The highest BCUT2D eigenvalue weighted by Crippen LogP contribution is 2.21. The Kier molecular flexibility index (Phi) is 4.61. The molecular weight excluding hydrogens is 405 g/mol. The molecule has 1 amide bonds. The van der Waals surface area contributed by atoms with Crippen molar-refractivity contribution in [2.75, 3.05) is 7.11 Å². The van der Waals surface area contributed by atoms with E-state index in [1.807, 2.05) is 36.5 Å². The first-order valence-electron chi connectivity index (χ1n) is 6.92. The zero-order valence-electron chi connectivity index (χ0n) is 12.3. The van der Waals surface area contributed by atoms with E-state index in [4.69, 9.17) is 4.74 Å². The van der Waals surface area contributed by atoms with Crippen LogP contribution in [0.25, 0.3) is 10.9 Å². The Hall–Kier alpha value is -2.35. The van der Waals surface area contributed by atoms with Crippen molar-refractivity contribution in [1.82, 2.24) is 10.4 Å². The lowest BCUT2D eigenvalue weighted by atomic mass is 10.2. The number of aromatic amines is 1. The van der Waals surface area contributed by atoms with Crippen molar-refractivity contribution in [3.8, 4) is 5.75 Å². The van der Waals surface area contributed by atoms with Crippen LogP contribution < -0.4 is 10.2 Å². The van der Waals surface area contributed by atoms with Crippen molar-refractivity contribution in [2.24, 2.45) is 5.10 Å². The minimum Gasteiger partial charge on any atom is -0.496 e. The van der Waals surface area contributed by atoms with E-state index in [1.165, 1.54) is 0 Å². The van der Waals surface area contributed by atoms with Crippen LogP contribution in [0.15, 0.2) is 53.8 Å². The van der Waals surface area contributed by atoms with Crippen molar-refractivity contribution >= 4 is 45.6 Å². The first-order valence-corrected chi connectivity index (χ1v) is 8.00. The number of H-pyrrole nitrogens is 1. The van der Waals surface area contributed by atoms with E-state index in [9.17, 15) is 4.79 Å². The molecule has 5 nitrogen and oxygen atoms in total. The molecule has 0 fully saturated rings. The van der Waals surface area contributed by atoms with Gasteiger partial charge in [-0.3, -0.25) is 4.79 Å². The number of amides is 1. The molecule has 0 saturated carbocycles. The zero-order valence-corrected chi connectivity index (χ0v) is 14.5. The number of carbonyl (C=O) groups excluding carboxylic acids is 1. The number of carbonyl (C=O) groups is 1. The van der Waals surface area contributed by atoms with Crippen molar-refractivity contribution in [2.45, 2.75) is 0 Å². The maximum Gasteiger partial charge on any atom is 0.271 e. The summed E-state index contributed by atoms with van der Waals surface area (Å²) in [6.07, 6.45) is 3.48. The number of benzene rings is 2. The number of aromatic nitrogens is 1. The summed E-state index contributed by atoms with van der Waals surface area (Å²) < 4.78 is 6.17. The molecule has 6 heteroatoms. The quantitative estimate of drug-likeness (QED) is 0.386. The van der Waals surface area contributed by atoms with Crippen molar-refractivity contribution < 1.29 is 9.53 Å². The fourth-order valence-electron chi connectivity index (χ4n) is 2.23. The first kappa shape index (κ1) is 15.5. The van der Waals surface area contributed by atoms with Gasteiger partial charge in [0.05, 0.1) is 16.9 Å². The summed E-state index contributed by atoms with van der Waals surface area (Å²) >= 11 is 2.15. The number of hydrogen-bond acceptors (Lipinski definition) is 3. The van der Waals surface area contributed by atoms with Gasteiger partial charge in [-0.2, -0.15) is 5.10 Å². The summed E-state index contributed by atoms with van der Waals surface area (Å²) in [6, 6.07) is 13.2. The lowest BCUT2D eigenvalue weighted by Crippen LogP contribution is -2.17. The summed E-state index contributed by atoms with van der Waals surface area (Å²) in [4.78, 5) is 15.3. The fourth-order valence-corrected chi connectivity index (χ4v) is 2.78. The molecule has 3 rings (SSSR count). The topological polar surface area (TPSA) is 66.5 Å². The highest BCUT2D eigenvalue weighted by Gasteiger charge is 2.08. The third kappa shape index (κ3) is 3.37. The normalized spacial score (nSPS) is 11.0. The molecule has 1 heterocycles. The third-order valence-corrected chi connectivity index (χ3v) is 4.30. The Morgan fingerprint density at radius 3 is 2.96 bits per heavy atom. The average molecular weight is 419 g/mol. The van der Waals surface area contributed by atoms with E-state index < -0.39 is 0 Å². The molecule has 0 atom stereocenters. The summed E-state index contributed by atoms with van der Waals surface area (Å²) in [5.74, 6) is 0.384. The number of nitrogens with zero attached hydrogens (tertiary/aromatic N) is 1. The lowest BCUT2D eigenvalue weighted by molar-refractivity contribution is 0.0955. The highest BCUT2D eigenvalue weighted by atomic mass is 127. The lowest BCUT2D eigenvalue weighted by Gasteiger charge is -2.05. The number of nitrogens with one attached hydrogen (secondary N) is 2. The van der Waals surface area contributed by atoms with Gasteiger partial charge in [0.25, 0.3) is 5.91 Å². The predicted octanol–water partition coefficient (Wildman–Crippen LogP) is 3.55. The molecule has 0 radical (unpaired) electrons. The van der Waals surface area contributed by atoms with Crippen LogP contribution in [-0.2, 0) is 0 Å². The smallest absolute Gasteiger partial charge is 0.271 e. The van der Waals surface area contributed by atoms with E-state index in [0.717, 1.165) is 20.0 Å². The molecule has 0 bridgehead atoms. The van der Waals surface area contributed by atoms with Crippen LogP contribution in [0.1, 0.15) is 15.9 Å². The van der Waals surface area contributed by atoms with Gasteiger partial charge in [-0.25, -0.2) is 5.43 Å². The van der Waals surface area contributed by atoms with Gasteiger partial charge in [0, 0.05) is 28.2 Å². The van der Waals surface area contributed by atoms with Gasteiger partial charge in [0.1, 0.15) is 5.75 Å². The van der Waals surface area contributed by atoms with Gasteiger partial charge >= 0.3 is 0 Å². The maximum absolute atomic E-state index is 12.1. The molecule has 3 aromatic rings. The van der Waals surface area contributed by atoms with Gasteiger partial charge in [-0.15, -0.1) is 0 Å². The van der Waals surface area contributed by atoms with Crippen LogP contribution in [0.4, 0.5) is 0 Å². The molecule has 0 spiro atoms. The number of para-hydroxylation sites is 1. The minimum absolute atomic E-state index is 0.282. The molecule has 116 valence electrons. The highest BCUT2D eigenvalue weighted by molar-refractivity contribution is 14.1. The first-order chi connectivity index (χ1) is 11.2. The number of rotatable bonds is 4. The average Bonchev–Trinajstić information content (AvgIpc) is 2.98. The van der Waals surface area contributed by atoms with Crippen molar-refractivity contribution in [3.05, 3.63) is 63.4 Å². The maximum atomic E-state index is 12.1. The number of halogens is 1. The molecule has 0 aliphatic heterocycles. The largest absolute Gasteiger partial charge is 0.496 e. The molecule has 1 aromatic heterocycles. The second kappa shape index (κ2) is 6.82. The molecule has 0 aliphatic carbocycles. The molecule has 0 unspecified atom stereocenters. The third-order valence-electron chi connectivity index (χ3n) is 3.40. The van der Waals surface area contributed by atoms with Gasteiger partial charge in [-0.1, -0.05) is 18.2 Å². The summed E-state index contributed by atoms with van der Waals surface area (Å²) in [5.41, 5.74) is 4.98. The second-order valence-electron chi connectivity index (χ2n) is 4.84. The van der Waals surface area contributed by atoms with Gasteiger partial charge in [-0.05, 0) is 46.9 Å². The molecule has 0 aliphatic rings. The Bertz CT molecular complexity index is 886. The minimum atomic E-state index is -0.282. The predicted molar refractivity (Wildman–Crippen MR) is 99.1 cm³/mol. The summed E-state index contributed by atoms with van der Waals surface area (Å²) in [6.45, 7) is 0. The van der Waals surface area contributed by atoms with Crippen LogP contribution in [-0.4, -0.2) is 24.2 Å². The Balaban J connectivity index is 1.73. The van der Waals surface area contributed by atoms with Crippen LogP contribution in [0.2, 0.25) is 0 Å². The van der Waals surface area contributed by atoms with Crippen LogP contribution in [0.3, 0.4) is 0 Å². The summed E-state index contributed by atoms with van der Waals surface area (Å²) in [5, 5.41) is 5.09. The van der Waals surface area contributed by atoms with Crippen LogP contribution in [0.5, 0.6) is 5.75 Å². The monoisotopic (exact) mass is 419 g/mol. The standard InChI is InChI=1S/C17H14IN3O2/c1-23-16-8-11(6-7-14(16)18)17(22)21-20-10-12-9-19-15-5-3-2-4-13(12)15/h2-10,19H,1H3,(H,21,22)/b20-10-. The van der Waals surface area contributed by atoms with Gasteiger partial charge in [0.2, 0.25) is 0 Å². The SMILES string of the molecule is COc1cc(C(=O)N/N=C\c2c[nH]c3ccccc23)ccc1I. The second-order valence-corrected chi connectivity index (χ2v) is 6.00. The van der Waals surface area contributed by atoms with Gasteiger partial charge < -0.3 is 9.72 Å². The van der Waals surface area contributed by atoms with E-state index >= 15 is 0 Å². The molecule has 0 saturated heterocycles. The van der Waals surface area contributed by atoms with Crippen LogP contribution in [0, 0.1) is 3.57 Å². The van der Waals surface area contributed by atoms with E-state index in [1.54, 1.807) is 25.5 Å². The molecule has 2 N–H and O–H groups in total. The van der Waals surface area contributed by atoms with E-state index in [-0.39, 0.29) is 5.91 Å². The summed E-state index contributed by atoms with van der Waals surface area (Å²) in [7, 11) is 1.58. The number of hydrazone groups is 1. The van der Waals surface area contributed by atoms with E-state index in [0.29, 0.717) is 11.3 Å². The molecule has 23 heavy (non-hydrogen) atoms. The number of ether oxygens (including phenoxy) is 1. The van der Waals surface area contributed by atoms with Gasteiger partial charge in [0.15, 0.2) is 0 Å². The van der Waals surface area contributed by atoms with Crippen molar-refractivity contribution in [1.29, 1.82) is 0 Å². The van der Waals surface area contributed by atoms with Crippen molar-refractivity contribution in [3.63, 3.8) is 0 Å². The fraction of sp³-hybridized carbons (Fsp3) is 0.0588.